The lowest BCUT2D eigenvalue weighted by Crippen LogP contribution is -2.09. The molecule has 17 heavy (non-hydrogen) atoms. The molecule has 1 atom stereocenters. The van der Waals surface area contributed by atoms with Crippen LogP contribution in [0.4, 0.5) is 4.39 Å². The van der Waals surface area contributed by atoms with E-state index in [-0.39, 0.29) is 17.6 Å². The summed E-state index contributed by atoms with van der Waals surface area (Å²) in [6, 6.07) is 4.61. The second kappa shape index (κ2) is 7.25. The van der Waals surface area contributed by atoms with E-state index < -0.39 is 0 Å². The Kier molecular flexibility index (Phi) is 5.94. The normalized spacial score (nSPS) is 12.5. The van der Waals surface area contributed by atoms with Crippen LogP contribution in [0.2, 0.25) is 0 Å². The summed E-state index contributed by atoms with van der Waals surface area (Å²) in [4.78, 5) is 0. The first kappa shape index (κ1) is 13.9. The van der Waals surface area contributed by atoms with Crippen LogP contribution in [0, 0.1) is 5.82 Å². The van der Waals surface area contributed by atoms with Crippen LogP contribution in [0.25, 0.3) is 0 Å². The molecule has 0 aliphatic rings. The molecule has 0 saturated carbocycles. The molecule has 0 radical (unpaired) electrons. The van der Waals surface area contributed by atoms with Crippen LogP contribution in [0.5, 0.6) is 5.75 Å². The van der Waals surface area contributed by atoms with Gasteiger partial charge in [0.05, 0.1) is 6.61 Å². The highest BCUT2D eigenvalue weighted by molar-refractivity contribution is 5.30. The SMILES string of the molecule is CCCOCCOc1ccc([C@H](C)N)cc1F. The van der Waals surface area contributed by atoms with Gasteiger partial charge in [0, 0.05) is 12.6 Å². The molecule has 4 heteroatoms. The predicted octanol–water partition coefficient (Wildman–Crippen LogP) is 2.65. The lowest BCUT2D eigenvalue weighted by molar-refractivity contribution is 0.0991. The van der Waals surface area contributed by atoms with E-state index in [0.29, 0.717) is 19.8 Å². The molecule has 0 unspecified atom stereocenters. The predicted molar refractivity (Wildman–Crippen MR) is 65.6 cm³/mol. The van der Waals surface area contributed by atoms with E-state index in [9.17, 15) is 4.39 Å². The first-order valence-electron chi connectivity index (χ1n) is 5.90. The highest BCUT2D eigenvalue weighted by Crippen LogP contribution is 2.20. The van der Waals surface area contributed by atoms with Crippen molar-refractivity contribution in [3.8, 4) is 5.75 Å². The Morgan fingerprint density at radius 2 is 2.06 bits per heavy atom. The molecule has 3 nitrogen and oxygen atoms in total. The van der Waals surface area contributed by atoms with Crippen LogP contribution in [0.15, 0.2) is 18.2 Å². The largest absolute Gasteiger partial charge is 0.488 e. The number of hydrogen-bond donors (Lipinski definition) is 1. The van der Waals surface area contributed by atoms with E-state index in [1.165, 1.54) is 6.07 Å². The molecule has 1 rings (SSSR count). The Labute approximate surface area is 102 Å². The van der Waals surface area contributed by atoms with Crippen molar-refractivity contribution in [2.75, 3.05) is 19.8 Å². The average Bonchev–Trinajstić information content (AvgIpc) is 2.30. The Hall–Kier alpha value is -1.13. The molecule has 0 saturated heterocycles. The number of nitrogens with two attached hydrogens (primary N) is 1. The number of halogens is 1. The van der Waals surface area contributed by atoms with Crippen molar-refractivity contribution in [3.05, 3.63) is 29.6 Å². The van der Waals surface area contributed by atoms with Crippen molar-refractivity contribution >= 4 is 0 Å². The fraction of sp³-hybridized carbons (Fsp3) is 0.538. The summed E-state index contributed by atoms with van der Waals surface area (Å²) < 4.78 is 24.1. The summed E-state index contributed by atoms with van der Waals surface area (Å²) in [5.74, 6) is -0.134. The lowest BCUT2D eigenvalue weighted by Gasteiger charge is -2.10. The summed E-state index contributed by atoms with van der Waals surface area (Å²) >= 11 is 0. The molecule has 1 aromatic rings. The van der Waals surface area contributed by atoms with Crippen molar-refractivity contribution < 1.29 is 13.9 Å². The van der Waals surface area contributed by atoms with Gasteiger partial charge in [-0.05, 0) is 31.0 Å². The molecule has 0 fully saturated rings. The van der Waals surface area contributed by atoms with Gasteiger partial charge in [0.25, 0.3) is 0 Å². The third kappa shape index (κ3) is 4.71. The number of benzene rings is 1. The Balaban J connectivity index is 2.43. The highest BCUT2D eigenvalue weighted by Gasteiger charge is 2.06. The topological polar surface area (TPSA) is 44.5 Å². The zero-order chi connectivity index (χ0) is 12.7. The first-order chi connectivity index (χ1) is 8.15. The van der Waals surface area contributed by atoms with Gasteiger partial charge in [-0.15, -0.1) is 0 Å². The summed E-state index contributed by atoms with van der Waals surface area (Å²) in [5, 5.41) is 0. The maximum atomic E-state index is 13.6. The Bertz CT molecular complexity index is 342. The lowest BCUT2D eigenvalue weighted by atomic mass is 10.1. The maximum Gasteiger partial charge on any atom is 0.165 e. The summed E-state index contributed by atoms with van der Waals surface area (Å²) in [6.07, 6.45) is 0.970. The fourth-order valence-electron chi connectivity index (χ4n) is 1.37. The summed E-state index contributed by atoms with van der Waals surface area (Å²) in [6.45, 7) is 5.38. The second-order valence-corrected chi connectivity index (χ2v) is 3.94. The molecule has 0 aliphatic carbocycles. The minimum Gasteiger partial charge on any atom is -0.488 e. The van der Waals surface area contributed by atoms with Crippen LogP contribution in [0.1, 0.15) is 31.9 Å². The number of ether oxygens (including phenoxy) is 2. The van der Waals surface area contributed by atoms with Crippen molar-refractivity contribution in [2.45, 2.75) is 26.3 Å². The molecule has 0 bridgehead atoms. The summed E-state index contributed by atoms with van der Waals surface area (Å²) in [7, 11) is 0. The van der Waals surface area contributed by atoms with Gasteiger partial charge in [-0.1, -0.05) is 13.0 Å². The number of hydrogen-bond acceptors (Lipinski definition) is 3. The van der Waals surface area contributed by atoms with Gasteiger partial charge in [0.1, 0.15) is 6.61 Å². The fourth-order valence-corrected chi connectivity index (χ4v) is 1.37. The van der Waals surface area contributed by atoms with Crippen LogP contribution >= 0.6 is 0 Å². The standard InChI is InChI=1S/C13H20FNO2/c1-3-6-16-7-8-17-13-5-4-11(10(2)15)9-12(13)14/h4-5,9-10H,3,6-8,15H2,1-2H3/t10-/m0/s1. The third-order valence-electron chi connectivity index (χ3n) is 2.32. The van der Waals surface area contributed by atoms with Gasteiger partial charge in [-0.3, -0.25) is 0 Å². The van der Waals surface area contributed by atoms with Crippen LogP contribution < -0.4 is 10.5 Å². The third-order valence-corrected chi connectivity index (χ3v) is 2.32. The van der Waals surface area contributed by atoms with Gasteiger partial charge >= 0.3 is 0 Å². The number of rotatable bonds is 7. The first-order valence-corrected chi connectivity index (χ1v) is 5.90. The highest BCUT2D eigenvalue weighted by atomic mass is 19.1. The Morgan fingerprint density at radius 3 is 2.65 bits per heavy atom. The quantitative estimate of drug-likeness (QED) is 0.746. The zero-order valence-electron chi connectivity index (χ0n) is 10.4. The second-order valence-electron chi connectivity index (χ2n) is 3.94. The van der Waals surface area contributed by atoms with Crippen LogP contribution in [0.3, 0.4) is 0 Å². The van der Waals surface area contributed by atoms with Crippen molar-refractivity contribution in [2.24, 2.45) is 5.73 Å². The maximum absolute atomic E-state index is 13.6. The molecule has 0 heterocycles. The van der Waals surface area contributed by atoms with Gasteiger partial charge in [-0.2, -0.15) is 0 Å². The molecule has 96 valence electrons. The van der Waals surface area contributed by atoms with E-state index in [0.717, 1.165) is 12.0 Å². The van der Waals surface area contributed by atoms with E-state index in [1.807, 2.05) is 13.8 Å². The van der Waals surface area contributed by atoms with Gasteiger partial charge in [0.15, 0.2) is 11.6 Å². The van der Waals surface area contributed by atoms with Crippen molar-refractivity contribution in [1.29, 1.82) is 0 Å². The Morgan fingerprint density at radius 1 is 1.29 bits per heavy atom. The van der Waals surface area contributed by atoms with E-state index >= 15 is 0 Å². The monoisotopic (exact) mass is 241 g/mol. The molecule has 0 aliphatic heterocycles. The smallest absolute Gasteiger partial charge is 0.165 e. The molecule has 2 N–H and O–H groups in total. The van der Waals surface area contributed by atoms with Crippen molar-refractivity contribution in [3.63, 3.8) is 0 Å². The molecular weight excluding hydrogens is 221 g/mol. The van der Waals surface area contributed by atoms with Crippen LogP contribution in [-0.2, 0) is 4.74 Å². The van der Waals surface area contributed by atoms with Crippen LogP contribution in [-0.4, -0.2) is 19.8 Å². The van der Waals surface area contributed by atoms with Gasteiger partial charge in [0.2, 0.25) is 0 Å². The summed E-state index contributed by atoms with van der Waals surface area (Å²) in [5.41, 5.74) is 6.42. The van der Waals surface area contributed by atoms with E-state index in [2.05, 4.69) is 0 Å². The minimum absolute atomic E-state index is 0.175. The van der Waals surface area contributed by atoms with E-state index in [1.54, 1.807) is 12.1 Å². The molecule has 0 spiro atoms. The average molecular weight is 241 g/mol. The van der Waals surface area contributed by atoms with Gasteiger partial charge in [-0.25, -0.2) is 4.39 Å². The molecule has 0 aromatic heterocycles. The minimum atomic E-state index is -0.379. The molecular formula is C13H20FNO2. The molecule has 1 aromatic carbocycles. The zero-order valence-corrected chi connectivity index (χ0v) is 10.4. The van der Waals surface area contributed by atoms with Crippen molar-refractivity contribution in [1.82, 2.24) is 0 Å². The van der Waals surface area contributed by atoms with Gasteiger partial charge < -0.3 is 15.2 Å². The molecule has 0 amide bonds. The van der Waals surface area contributed by atoms with E-state index in [4.69, 9.17) is 15.2 Å².